The maximum Gasteiger partial charge on any atom is 0.274 e. The molecule has 2 aliphatic rings. The van der Waals surface area contributed by atoms with Crippen LogP contribution in [0.1, 0.15) is 45.8 Å². The number of rotatable bonds is 4. The highest BCUT2D eigenvalue weighted by atomic mass is 35.5. The second kappa shape index (κ2) is 9.49. The third kappa shape index (κ3) is 4.76. The summed E-state index contributed by atoms with van der Waals surface area (Å²) in [6.45, 7) is 3.58. The zero-order chi connectivity index (χ0) is 20.3. The number of carbonyl (C=O) groups is 2. The number of aromatic nitrogens is 2. The zero-order valence-electron chi connectivity index (χ0n) is 16.6. The minimum atomic E-state index is -0.473. The largest absolute Gasteiger partial charge is 0.347 e. The van der Waals surface area contributed by atoms with Crippen molar-refractivity contribution in [3.63, 3.8) is 0 Å². The van der Waals surface area contributed by atoms with E-state index in [1.165, 1.54) is 24.5 Å². The van der Waals surface area contributed by atoms with Gasteiger partial charge in [0.25, 0.3) is 11.8 Å². The Balaban J connectivity index is 0.00000256. The van der Waals surface area contributed by atoms with Crippen LogP contribution in [-0.4, -0.2) is 52.9 Å². The van der Waals surface area contributed by atoms with Crippen molar-refractivity contribution in [2.75, 3.05) is 26.2 Å². The number of piperidine rings is 1. The molecule has 0 unspecified atom stereocenters. The lowest BCUT2D eigenvalue weighted by molar-refractivity contribution is 0.0597. The van der Waals surface area contributed by atoms with Gasteiger partial charge >= 0.3 is 0 Å². The molecular formula is C21H25ClFN5O2. The van der Waals surface area contributed by atoms with Crippen LogP contribution in [0, 0.1) is 11.2 Å². The number of carbonyl (C=O) groups excluding carboxylic acids is 2. The molecule has 30 heavy (non-hydrogen) atoms. The van der Waals surface area contributed by atoms with Crippen LogP contribution in [0.4, 0.5) is 4.39 Å². The quantitative estimate of drug-likeness (QED) is 0.771. The highest BCUT2D eigenvalue weighted by molar-refractivity contribution is 6.04. The lowest BCUT2D eigenvalue weighted by Crippen LogP contribution is -2.44. The van der Waals surface area contributed by atoms with Crippen LogP contribution < -0.4 is 10.6 Å². The van der Waals surface area contributed by atoms with Crippen molar-refractivity contribution >= 4 is 24.2 Å². The van der Waals surface area contributed by atoms with E-state index in [-0.39, 0.29) is 42.1 Å². The SMILES string of the molecule is Cl.O=C(NCc1ccc(F)cc1)c1nccnc1C(=O)N1CCC2(CCNC2)CC1. The van der Waals surface area contributed by atoms with Gasteiger partial charge in [0.2, 0.25) is 0 Å². The van der Waals surface area contributed by atoms with Gasteiger partial charge in [-0.2, -0.15) is 0 Å². The zero-order valence-corrected chi connectivity index (χ0v) is 17.4. The van der Waals surface area contributed by atoms with Crippen LogP contribution in [0.15, 0.2) is 36.7 Å². The first kappa shape index (κ1) is 22.1. The van der Waals surface area contributed by atoms with Crippen LogP contribution in [-0.2, 0) is 6.54 Å². The number of hydrogen-bond donors (Lipinski definition) is 2. The van der Waals surface area contributed by atoms with Gasteiger partial charge in [0, 0.05) is 38.6 Å². The Labute approximate surface area is 180 Å². The molecule has 2 amide bonds. The van der Waals surface area contributed by atoms with Gasteiger partial charge in [-0.05, 0) is 48.9 Å². The number of likely N-dealkylation sites (tertiary alicyclic amines) is 1. The molecule has 2 saturated heterocycles. The molecule has 0 saturated carbocycles. The topological polar surface area (TPSA) is 87.2 Å². The Bertz CT molecular complexity index is 893. The number of hydrogen-bond acceptors (Lipinski definition) is 5. The predicted molar refractivity (Wildman–Crippen MR) is 112 cm³/mol. The Hall–Kier alpha value is -2.58. The predicted octanol–water partition coefficient (Wildman–Crippen LogP) is 2.18. The first-order valence-corrected chi connectivity index (χ1v) is 9.90. The third-order valence-corrected chi connectivity index (χ3v) is 5.93. The van der Waals surface area contributed by atoms with E-state index in [4.69, 9.17) is 0 Å². The van der Waals surface area contributed by atoms with Gasteiger partial charge in [-0.15, -0.1) is 12.4 Å². The summed E-state index contributed by atoms with van der Waals surface area (Å²) in [7, 11) is 0. The van der Waals surface area contributed by atoms with Crippen LogP contribution in [0.3, 0.4) is 0 Å². The second-order valence-electron chi connectivity index (χ2n) is 7.78. The fraction of sp³-hybridized carbons (Fsp3) is 0.429. The number of nitrogens with zero attached hydrogens (tertiary/aromatic N) is 3. The minimum Gasteiger partial charge on any atom is -0.347 e. The van der Waals surface area contributed by atoms with Gasteiger partial charge in [0.05, 0.1) is 0 Å². The van der Waals surface area contributed by atoms with Gasteiger partial charge in [0.1, 0.15) is 5.82 Å². The lowest BCUT2D eigenvalue weighted by Gasteiger charge is -2.38. The summed E-state index contributed by atoms with van der Waals surface area (Å²) in [6.07, 6.45) is 5.89. The molecule has 1 spiro atoms. The molecule has 0 atom stereocenters. The molecular weight excluding hydrogens is 409 g/mol. The van der Waals surface area contributed by atoms with Crippen molar-refractivity contribution in [2.45, 2.75) is 25.8 Å². The fourth-order valence-electron chi connectivity index (χ4n) is 4.09. The average molecular weight is 434 g/mol. The number of benzene rings is 1. The van der Waals surface area contributed by atoms with E-state index in [1.807, 2.05) is 0 Å². The number of amides is 2. The molecule has 3 heterocycles. The van der Waals surface area contributed by atoms with Crippen molar-refractivity contribution in [3.8, 4) is 0 Å². The molecule has 160 valence electrons. The molecule has 4 rings (SSSR count). The van der Waals surface area contributed by atoms with E-state index >= 15 is 0 Å². The third-order valence-electron chi connectivity index (χ3n) is 5.93. The van der Waals surface area contributed by atoms with Crippen molar-refractivity contribution in [3.05, 3.63) is 59.4 Å². The van der Waals surface area contributed by atoms with Crippen LogP contribution in [0.5, 0.6) is 0 Å². The Morgan fingerprint density at radius 3 is 2.37 bits per heavy atom. The van der Waals surface area contributed by atoms with Crippen molar-refractivity contribution in [2.24, 2.45) is 5.41 Å². The Morgan fingerprint density at radius 1 is 1.07 bits per heavy atom. The van der Waals surface area contributed by atoms with Gasteiger partial charge in [-0.3, -0.25) is 9.59 Å². The molecule has 0 radical (unpaired) electrons. The Morgan fingerprint density at radius 2 is 1.73 bits per heavy atom. The molecule has 9 heteroatoms. The van der Waals surface area contributed by atoms with Gasteiger partial charge in [-0.1, -0.05) is 12.1 Å². The minimum absolute atomic E-state index is 0. The lowest BCUT2D eigenvalue weighted by atomic mass is 9.78. The smallest absolute Gasteiger partial charge is 0.274 e. The fourth-order valence-corrected chi connectivity index (χ4v) is 4.09. The summed E-state index contributed by atoms with van der Waals surface area (Å²) in [5.41, 5.74) is 1.14. The normalized spacial score (nSPS) is 17.4. The van der Waals surface area contributed by atoms with E-state index in [9.17, 15) is 14.0 Å². The van der Waals surface area contributed by atoms with Crippen LogP contribution in [0.25, 0.3) is 0 Å². The summed E-state index contributed by atoms with van der Waals surface area (Å²) >= 11 is 0. The second-order valence-corrected chi connectivity index (χ2v) is 7.78. The van der Waals surface area contributed by atoms with Crippen molar-refractivity contribution in [1.29, 1.82) is 0 Å². The monoisotopic (exact) mass is 433 g/mol. The molecule has 7 nitrogen and oxygen atoms in total. The van der Waals surface area contributed by atoms with E-state index in [1.54, 1.807) is 17.0 Å². The van der Waals surface area contributed by atoms with Crippen molar-refractivity contribution < 1.29 is 14.0 Å². The molecule has 0 bridgehead atoms. The molecule has 2 fully saturated rings. The summed E-state index contributed by atoms with van der Waals surface area (Å²) in [4.78, 5) is 35.7. The standard InChI is InChI=1S/C21H24FN5O2.ClH/c22-16-3-1-15(2-4-16)13-26-19(28)17-18(25-10-9-24-17)20(29)27-11-6-21(7-12-27)5-8-23-14-21;/h1-4,9-10,23H,5-8,11-14H2,(H,26,28);1H. The summed E-state index contributed by atoms with van der Waals surface area (Å²) in [5.74, 6) is -1.07. The Kier molecular flexibility index (Phi) is 6.99. The molecule has 0 aliphatic carbocycles. The van der Waals surface area contributed by atoms with E-state index in [2.05, 4.69) is 20.6 Å². The van der Waals surface area contributed by atoms with E-state index in [0.717, 1.165) is 37.9 Å². The molecule has 1 aromatic heterocycles. The first-order chi connectivity index (χ1) is 14.1. The summed E-state index contributed by atoms with van der Waals surface area (Å²) in [5, 5.41) is 6.14. The van der Waals surface area contributed by atoms with Crippen LogP contribution >= 0.6 is 12.4 Å². The first-order valence-electron chi connectivity index (χ1n) is 9.90. The highest BCUT2D eigenvalue weighted by Gasteiger charge is 2.39. The molecule has 2 N–H and O–H groups in total. The maximum absolute atomic E-state index is 13.0. The maximum atomic E-state index is 13.0. The van der Waals surface area contributed by atoms with Crippen LogP contribution in [0.2, 0.25) is 0 Å². The van der Waals surface area contributed by atoms with E-state index in [0.29, 0.717) is 18.5 Å². The molecule has 2 aliphatic heterocycles. The average Bonchev–Trinajstić information content (AvgIpc) is 3.21. The highest BCUT2D eigenvalue weighted by Crippen LogP contribution is 2.37. The van der Waals surface area contributed by atoms with Crippen molar-refractivity contribution in [1.82, 2.24) is 25.5 Å². The summed E-state index contributed by atoms with van der Waals surface area (Å²) in [6, 6.07) is 5.86. The van der Waals surface area contributed by atoms with Gasteiger partial charge in [0.15, 0.2) is 11.4 Å². The molecule has 1 aromatic carbocycles. The molecule has 2 aromatic rings. The number of nitrogens with one attached hydrogen (secondary N) is 2. The van der Waals surface area contributed by atoms with E-state index < -0.39 is 5.91 Å². The van der Waals surface area contributed by atoms with Gasteiger partial charge < -0.3 is 15.5 Å². The summed E-state index contributed by atoms with van der Waals surface area (Å²) < 4.78 is 13.0. The van der Waals surface area contributed by atoms with Gasteiger partial charge in [-0.25, -0.2) is 14.4 Å². The number of halogens is 2.